The average Bonchev–Trinajstić information content (AvgIpc) is 2.59. The number of allylic oxidation sites excluding steroid dienone is 3. The number of nitrogens with zero attached hydrogens (tertiary/aromatic N) is 2. The Morgan fingerprint density at radius 2 is 2.32 bits per heavy atom. The van der Waals surface area contributed by atoms with Gasteiger partial charge in [0, 0.05) is 30.1 Å². The van der Waals surface area contributed by atoms with E-state index in [4.69, 9.17) is 4.74 Å². The SMILES string of the molecule is C=C1/C=c2/nccc/c2=C/CC2=C(C=C=CN=C2)O1. The number of aromatic nitrogens is 1. The Balaban J connectivity index is 2.18. The second-order valence-corrected chi connectivity index (χ2v) is 4.21. The van der Waals surface area contributed by atoms with Gasteiger partial charge in [-0.05, 0) is 17.7 Å². The van der Waals surface area contributed by atoms with Crippen LogP contribution in [0.4, 0.5) is 0 Å². The van der Waals surface area contributed by atoms with Crippen molar-refractivity contribution in [2.45, 2.75) is 6.42 Å². The molecule has 1 aromatic heterocycles. The third-order valence-corrected chi connectivity index (χ3v) is 2.86. The second kappa shape index (κ2) is 4.92. The highest BCUT2D eigenvalue weighted by Crippen LogP contribution is 2.16. The molecule has 0 spiro atoms. The van der Waals surface area contributed by atoms with Crippen molar-refractivity contribution in [2.24, 2.45) is 4.99 Å². The van der Waals surface area contributed by atoms with E-state index in [-0.39, 0.29) is 0 Å². The maximum atomic E-state index is 5.75. The standard InChI is InChI=1S/C16H12N2O/c1-12-10-15-13(4-2-9-18-15)6-7-14-11-17-8-3-5-16(14)19-12/h2,4-6,8-11H,1,7H2/b13-6-,15-10+. The van der Waals surface area contributed by atoms with E-state index in [0.717, 1.165) is 28.3 Å². The molecule has 1 aromatic rings. The van der Waals surface area contributed by atoms with Gasteiger partial charge < -0.3 is 4.74 Å². The fourth-order valence-corrected chi connectivity index (χ4v) is 1.95. The van der Waals surface area contributed by atoms with Crippen LogP contribution >= 0.6 is 0 Å². The van der Waals surface area contributed by atoms with Crippen LogP contribution in [0.25, 0.3) is 12.2 Å². The van der Waals surface area contributed by atoms with Gasteiger partial charge in [0.2, 0.25) is 0 Å². The Kier molecular flexibility index (Phi) is 2.97. The first-order valence-corrected chi connectivity index (χ1v) is 6.00. The summed E-state index contributed by atoms with van der Waals surface area (Å²) in [7, 11) is 0. The van der Waals surface area contributed by atoms with Crippen LogP contribution in [0.2, 0.25) is 0 Å². The van der Waals surface area contributed by atoms with Crippen molar-refractivity contribution in [3.63, 3.8) is 0 Å². The van der Waals surface area contributed by atoms with Gasteiger partial charge in [-0.3, -0.25) is 9.98 Å². The Bertz CT molecular complexity index is 775. The molecule has 2 aliphatic heterocycles. The fraction of sp³-hybridized carbons (Fsp3) is 0.0625. The van der Waals surface area contributed by atoms with Crippen LogP contribution in [0.5, 0.6) is 0 Å². The van der Waals surface area contributed by atoms with Crippen molar-refractivity contribution < 1.29 is 4.74 Å². The van der Waals surface area contributed by atoms with Gasteiger partial charge in [-0.1, -0.05) is 24.5 Å². The van der Waals surface area contributed by atoms with Crippen molar-refractivity contribution in [3.05, 3.63) is 70.6 Å². The molecule has 0 atom stereocenters. The topological polar surface area (TPSA) is 34.5 Å². The summed E-state index contributed by atoms with van der Waals surface area (Å²) in [6.45, 7) is 3.91. The lowest BCUT2D eigenvalue weighted by molar-refractivity contribution is 0.342. The summed E-state index contributed by atoms with van der Waals surface area (Å²) in [5.41, 5.74) is 3.93. The highest BCUT2D eigenvalue weighted by molar-refractivity contribution is 5.82. The molecule has 0 amide bonds. The van der Waals surface area contributed by atoms with Gasteiger partial charge in [-0.2, -0.15) is 0 Å². The molecule has 3 heterocycles. The maximum absolute atomic E-state index is 5.75. The summed E-state index contributed by atoms with van der Waals surface area (Å²) in [6.07, 6.45) is 11.6. The summed E-state index contributed by atoms with van der Waals surface area (Å²) in [5, 5.41) is 1.93. The number of hydrogen-bond acceptors (Lipinski definition) is 3. The first-order valence-electron chi connectivity index (χ1n) is 6.00. The van der Waals surface area contributed by atoms with E-state index in [2.05, 4.69) is 28.4 Å². The minimum atomic E-state index is 0.552. The molecule has 3 rings (SSSR count). The molecule has 0 N–H and O–H groups in total. The van der Waals surface area contributed by atoms with Gasteiger partial charge in [-0.25, -0.2) is 0 Å². The first-order chi connectivity index (χ1) is 9.33. The lowest BCUT2D eigenvalue weighted by Crippen LogP contribution is -2.27. The Labute approximate surface area is 111 Å². The van der Waals surface area contributed by atoms with Crippen LogP contribution in [0, 0.1) is 0 Å². The van der Waals surface area contributed by atoms with Crippen molar-refractivity contribution >= 4 is 18.4 Å². The fourth-order valence-electron chi connectivity index (χ4n) is 1.95. The van der Waals surface area contributed by atoms with Crippen LogP contribution in [0.1, 0.15) is 6.42 Å². The summed E-state index contributed by atoms with van der Waals surface area (Å²) < 4.78 is 5.75. The van der Waals surface area contributed by atoms with E-state index in [0.29, 0.717) is 5.76 Å². The molecule has 0 saturated heterocycles. The summed E-state index contributed by atoms with van der Waals surface area (Å²) in [5.74, 6) is 1.28. The minimum absolute atomic E-state index is 0.552. The molecule has 0 fully saturated rings. The summed E-state index contributed by atoms with van der Waals surface area (Å²) in [6, 6.07) is 3.95. The van der Waals surface area contributed by atoms with Crippen molar-refractivity contribution in [1.82, 2.24) is 4.98 Å². The molecule has 0 aromatic carbocycles. The molecule has 2 aliphatic rings. The van der Waals surface area contributed by atoms with Crippen molar-refractivity contribution in [2.75, 3.05) is 0 Å². The number of pyridine rings is 1. The third-order valence-electron chi connectivity index (χ3n) is 2.86. The van der Waals surface area contributed by atoms with Crippen molar-refractivity contribution in [3.8, 4) is 0 Å². The smallest absolute Gasteiger partial charge is 0.140 e. The van der Waals surface area contributed by atoms with Crippen LogP contribution in [-0.2, 0) is 4.74 Å². The number of hydrogen-bond donors (Lipinski definition) is 0. The van der Waals surface area contributed by atoms with Gasteiger partial charge in [0.15, 0.2) is 0 Å². The first kappa shape index (κ1) is 11.5. The highest BCUT2D eigenvalue weighted by Gasteiger charge is 2.07. The maximum Gasteiger partial charge on any atom is 0.140 e. The second-order valence-electron chi connectivity index (χ2n) is 4.21. The largest absolute Gasteiger partial charge is 0.457 e. The minimum Gasteiger partial charge on any atom is -0.457 e. The zero-order chi connectivity index (χ0) is 13.1. The molecular formula is C16H12N2O. The molecule has 0 aliphatic carbocycles. The zero-order valence-electron chi connectivity index (χ0n) is 10.3. The lowest BCUT2D eigenvalue weighted by Gasteiger charge is -2.07. The van der Waals surface area contributed by atoms with E-state index in [9.17, 15) is 0 Å². The average molecular weight is 248 g/mol. The molecule has 19 heavy (non-hydrogen) atoms. The predicted octanol–water partition coefficient (Wildman–Crippen LogP) is 1.58. The van der Waals surface area contributed by atoms with E-state index < -0.39 is 0 Å². The molecule has 92 valence electrons. The third kappa shape index (κ3) is 2.46. The molecule has 0 bridgehead atoms. The molecule has 0 radical (unpaired) electrons. The van der Waals surface area contributed by atoms with Gasteiger partial charge in [-0.15, -0.1) is 0 Å². The van der Waals surface area contributed by atoms with Crippen LogP contribution in [-0.4, -0.2) is 11.2 Å². The van der Waals surface area contributed by atoms with Crippen LogP contribution < -0.4 is 10.6 Å². The van der Waals surface area contributed by atoms with E-state index in [1.807, 2.05) is 18.2 Å². The number of fused-ring (bicyclic) bond motifs is 1. The summed E-state index contributed by atoms with van der Waals surface area (Å²) >= 11 is 0. The van der Waals surface area contributed by atoms with E-state index in [1.165, 1.54) is 0 Å². The summed E-state index contributed by atoms with van der Waals surface area (Å²) in [4.78, 5) is 8.47. The van der Waals surface area contributed by atoms with Crippen LogP contribution in [0.3, 0.4) is 0 Å². The number of rotatable bonds is 0. The molecule has 0 unspecified atom stereocenters. The van der Waals surface area contributed by atoms with Crippen LogP contribution in [0.15, 0.2) is 65.0 Å². The molecular weight excluding hydrogens is 236 g/mol. The molecule has 3 heteroatoms. The lowest BCUT2D eigenvalue weighted by atomic mass is 10.1. The Morgan fingerprint density at radius 3 is 3.26 bits per heavy atom. The molecule has 0 saturated carbocycles. The normalized spacial score (nSPS) is 20.5. The van der Waals surface area contributed by atoms with E-state index in [1.54, 1.807) is 24.7 Å². The Hall–Kier alpha value is -2.64. The van der Waals surface area contributed by atoms with Gasteiger partial charge in [0.1, 0.15) is 11.5 Å². The molecule has 3 nitrogen and oxygen atoms in total. The van der Waals surface area contributed by atoms with Gasteiger partial charge in [0.05, 0.1) is 11.5 Å². The Morgan fingerprint density at radius 1 is 1.37 bits per heavy atom. The zero-order valence-corrected chi connectivity index (χ0v) is 10.3. The highest BCUT2D eigenvalue weighted by atomic mass is 16.5. The van der Waals surface area contributed by atoms with E-state index >= 15 is 0 Å². The number of ether oxygens (including phenoxy) is 1. The predicted molar refractivity (Wildman–Crippen MR) is 75.4 cm³/mol. The van der Waals surface area contributed by atoms with Gasteiger partial charge >= 0.3 is 0 Å². The number of aliphatic imine (C=N–C) groups is 1. The van der Waals surface area contributed by atoms with Gasteiger partial charge in [0.25, 0.3) is 0 Å². The quantitative estimate of drug-likeness (QED) is 0.653. The monoisotopic (exact) mass is 248 g/mol. The van der Waals surface area contributed by atoms with Crippen molar-refractivity contribution in [1.29, 1.82) is 0 Å².